The first-order chi connectivity index (χ1) is 6.66. The van der Waals surface area contributed by atoms with Crippen LogP contribution in [-0.2, 0) is 4.79 Å². The Hall–Kier alpha value is -0.320. The maximum atomic E-state index is 11.9. The lowest BCUT2D eigenvalue weighted by Crippen LogP contribution is -2.42. The number of nitrogens with one attached hydrogen (secondary N) is 1. The second-order valence-corrected chi connectivity index (χ2v) is 4.53. The Morgan fingerprint density at radius 3 is 2.73 bits per heavy atom. The zero-order chi connectivity index (χ0) is 10.1. The number of hydrogen-bond donors (Lipinski definition) is 2. The van der Waals surface area contributed by atoms with Crippen molar-refractivity contribution in [2.24, 2.45) is 5.92 Å². The Kier molecular flexibility index (Phi) is 4.37. The highest BCUT2D eigenvalue weighted by molar-refractivity contribution is 5.85. The van der Waals surface area contributed by atoms with Crippen LogP contribution in [0.1, 0.15) is 19.8 Å². The van der Waals surface area contributed by atoms with E-state index in [4.69, 9.17) is 0 Å². The summed E-state index contributed by atoms with van der Waals surface area (Å²) in [5, 5.41) is 12.4. The van der Waals surface area contributed by atoms with Gasteiger partial charge in [-0.3, -0.25) is 4.79 Å². The molecule has 15 heavy (non-hydrogen) atoms. The molecule has 2 N–H and O–H groups in total. The van der Waals surface area contributed by atoms with Crippen LogP contribution in [0, 0.1) is 5.92 Å². The summed E-state index contributed by atoms with van der Waals surface area (Å²) in [6.45, 7) is 4.49. The topological polar surface area (TPSA) is 52.6 Å². The van der Waals surface area contributed by atoms with Crippen LogP contribution < -0.4 is 5.32 Å². The smallest absolute Gasteiger partial charge is 0.239 e. The van der Waals surface area contributed by atoms with Crippen molar-refractivity contribution in [2.45, 2.75) is 31.9 Å². The Balaban J connectivity index is 0.00000112. The molecular formula is C10H19ClN2O2. The third kappa shape index (κ3) is 2.83. The van der Waals surface area contributed by atoms with Gasteiger partial charge in [-0.1, -0.05) is 6.92 Å². The molecule has 2 rings (SSSR count). The summed E-state index contributed by atoms with van der Waals surface area (Å²) in [6, 6.07) is -0.143. The van der Waals surface area contributed by atoms with Gasteiger partial charge in [0, 0.05) is 19.6 Å². The maximum Gasteiger partial charge on any atom is 0.239 e. The number of aliphatic hydroxyl groups excluding tert-OH is 1. The monoisotopic (exact) mass is 234 g/mol. The van der Waals surface area contributed by atoms with Crippen molar-refractivity contribution in [1.29, 1.82) is 0 Å². The fraction of sp³-hybridized carbons (Fsp3) is 0.900. The molecule has 0 aliphatic carbocycles. The zero-order valence-electron chi connectivity index (χ0n) is 8.98. The number of likely N-dealkylation sites (tertiary alicyclic amines) is 1. The summed E-state index contributed by atoms with van der Waals surface area (Å²) in [7, 11) is 0. The lowest BCUT2D eigenvalue weighted by molar-refractivity contribution is -0.132. The van der Waals surface area contributed by atoms with Crippen LogP contribution in [0.5, 0.6) is 0 Å². The van der Waals surface area contributed by atoms with Crippen molar-refractivity contribution >= 4 is 18.3 Å². The maximum absolute atomic E-state index is 11.9. The molecule has 0 aromatic heterocycles. The normalized spacial score (nSPS) is 35.3. The van der Waals surface area contributed by atoms with E-state index in [1.807, 2.05) is 4.90 Å². The Bertz CT molecular complexity index is 215. The van der Waals surface area contributed by atoms with Crippen LogP contribution >= 0.6 is 12.4 Å². The number of carbonyl (C=O) groups is 1. The highest BCUT2D eigenvalue weighted by Gasteiger charge is 2.33. The van der Waals surface area contributed by atoms with E-state index >= 15 is 0 Å². The number of rotatable bonds is 1. The molecular weight excluding hydrogens is 216 g/mol. The average Bonchev–Trinajstić information content (AvgIpc) is 2.73. The van der Waals surface area contributed by atoms with Crippen molar-refractivity contribution < 1.29 is 9.90 Å². The Morgan fingerprint density at radius 2 is 2.27 bits per heavy atom. The van der Waals surface area contributed by atoms with Gasteiger partial charge in [0.15, 0.2) is 0 Å². The predicted octanol–water partition coefficient (Wildman–Crippen LogP) is -0.000600. The number of aliphatic hydroxyl groups is 1. The molecule has 2 aliphatic rings. The van der Waals surface area contributed by atoms with Gasteiger partial charge in [-0.15, -0.1) is 12.4 Å². The van der Waals surface area contributed by atoms with Gasteiger partial charge in [-0.2, -0.15) is 0 Å². The second kappa shape index (κ2) is 5.14. The minimum absolute atomic E-state index is 0. The SMILES string of the molecule is CC1CCN(C(=O)[C@H]2C[C@@H](O)CN2)C1.Cl. The first-order valence-electron chi connectivity index (χ1n) is 5.37. The molecule has 1 unspecified atom stereocenters. The number of halogens is 1. The van der Waals surface area contributed by atoms with E-state index in [9.17, 15) is 9.90 Å². The zero-order valence-corrected chi connectivity index (χ0v) is 9.80. The largest absolute Gasteiger partial charge is 0.392 e. The lowest BCUT2D eigenvalue weighted by atomic mass is 10.1. The molecule has 0 saturated carbocycles. The molecule has 0 spiro atoms. The van der Waals surface area contributed by atoms with E-state index in [2.05, 4.69) is 12.2 Å². The lowest BCUT2D eigenvalue weighted by Gasteiger charge is -2.20. The van der Waals surface area contributed by atoms with E-state index < -0.39 is 0 Å². The van der Waals surface area contributed by atoms with Gasteiger partial charge < -0.3 is 15.3 Å². The first kappa shape index (κ1) is 12.7. The van der Waals surface area contributed by atoms with Gasteiger partial charge in [0.05, 0.1) is 12.1 Å². The van der Waals surface area contributed by atoms with E-state index in [0.717, 1.165) is 19.5 Å². The molecule has 0 bridgehead atoms. The van der Waals surface area contributed by atoms with Gasteiger partial charge >= 0.3 is 0 Å². The highest BCUT2D eigenvalue weighted by atomic mass is 35.5. The molecule has 4 nitrogen and oxygen atoms in total. The third-order valence-corrected chi connectivity index (χ3v) is 3.14. The molecule has 2 heterocycles. The quantitative estimate of drug-likeness (QED) is 0.672. The van der Waals surface area contributed by atoms with Crippen molar-refractivity contribution in [1.82, 2.24) is 10.2 Å². The molecule has 1 amide bonds. The number of β-amino-alcohol motifs (C(OH)–C–C–N with tert-alkyl or cyclic N) is 1. The number of amides is 1. The minimum Gasteiger partial charge on any atom is -0.392 e. The van der Waals surface area contributed by atoms with Crippen molar-refractivity contribution in [3.05, 3.63) is 0 Å². The van der Waals surface area contributed by atoms with E-state index in [1.165, 1.54) is 0 Å². The van der Waals surface area contributed by atoms with E-state index in [1.54, 1.807) is 0 Å². The third-order valence-electron chi connectivity index (χ3n) is 3.14. The average molecular weight is 235 g/mol. The summed E-state index contributed by atoms with van der Waals surface area (Å²) in [5.41, 5.74) is 0. The van der Waals surface area contributed by atoms with Crippen molar-refractivity contribution in [3.8, 4) is 0 Å². The van der Waals surface area contributed by atoms with E-state index in [-0.39, 0.29) is 30.5 Å². The summed E-state index contributed by atoms with van der Waals surface area (Å²) in [4.78, 5) is 13.8. The fourth-order valence-corrected chi connectivity index (χ4v) is 2.26. The van der Waals surface area contributed by atoms with Gasteiger partial charge in [-0.05, 0) is 18.8 Å². The van der Waals surface area contributed by atoms with Gasteiger partial charge in [-0.25, -0.2) is 0 Å². The summed E-state index contributed by atoms with van der Waals surface area (Å²) >= 11 is 0. The first-order valence-corrected chi connectivity index (χ1v) is 5.37. The van der Waals surface area contributed by atoms with Crippen LogP contribution in [-0.4, -0.2) is 47.7 Å². The van der Waals surface area contributed by atoms with Crippen LogP contribution in [0.25, 0.3) is 0 Å². The van der Waals surface area contributed by atoms with Crippen LogP contribution in [0.15, 0.2) is 0 Å². The standard InChI is InChI=1S/C10H18N2O2.ClH/c1-7-2-3-12(6-7)10(14)9-4-8(13)5-11-9;/h7-9,11,13H,2-6H2,1H3;1H/t7?,8-,9-;/m1./s1. The summed E-state index contributed by atoms with van der Waals surface area (Å²) < 4.78 is 0. The van der Waals surface area contributed by atoms with E-state index in [0.29, 0.717) is 18.9 Å². The van der Waals surface area contributed by atoms with Crippen molar-refractivity contribution in [3.63, 3.8) is 0 Å². The molecule has 0 aromatic rings. The molecule has 3 atom stereocenters. The van der Waals surface area contributed by atoms with Gasteiger partial charge in [0.25, 0.3) is 0 Å². The molecule has 2 saturated heterocycles. The molecule has 0 radical (unpaired) electrons. The summed E-state index contributed by atoms with van der Waals surface area (Å²) in [6.07, 6.45) is 1.34. The number of nitrogens with zero attached hydrogens (tertiary/aromatic N) is 1. The number of carbonyl (C=O) groups excluding carboxylic acids is 1. The van der Waals surface area contributed by atoms with Crippen molar-refractivity contribution in [2.75, 3.05) is 19.6 Å². The molecule has 2 fully saturated rings. The van der Waals surface area contributed by atoms with Crippen LogP contribution in [0.3, 0.4) is 0 Å². The van der Waals surface area contributed by atoms with Gasteiger partial charge in [0.1, 0.15) is 0 Å². The minimum atomic E-state index is -0.344. The fourth-order valence-electron chi connectivity index (χ4n) is 2.26. The molecule has 5 heteroatoms. The molecule has 88 valence electrons. The Morgan fingerprint density at radius 1 is 1.53 bits per heavy atom. The number of hydrogen-bond acceptors (Lipinski definition) is 3. The molecule has 0 aromatic carbocycles. The molecule has 2 aliphatic heterocycles. The second-order valence-electron chi connectivity index (χ2n) is 4.53. The summed E-state index contributed by atoms with van der Waals surface area (Å²) in [5.74, 6) is 0.802. The predicted molar refractivity (Wildman–Crippen MR) is 60.0 cm³/mol. The Labute approximate surface area is 96.4 Å². The highest BCUT2D eigenvalue weighted by Crippen LogP contribution is 2.18. The van der Waals surface area contributed by atoms with Crippen LogP contribution in [0.4, 0.5) is 0 Å². The van der Waals surface area contributed by atoms with Gasteiger partial charge in [0.2, 0.25) is 5.91 Å². The van der Waals surface area contributed by atoms with Crippen LogP contribution in [0.2, 0.25) is 0 Å².